The molecule has 24 heteroatoms. The van der Waals surface area contributed by atoms with Gasteiger partial charge in [0, 0.05) is 20.1 Å². The van der Waals surface area contributed by atoms with Gasteiger partial charge in [-0.3, -0.25) is 36.7 Å². The third kappa shape index (κ3) is 19.3. The number of carbonyl (C=O) groups is 4. The molecule has 356 valence electrons. The molecular weight excluding hydrogens is 992 g/mol. The molecule has 0 aliphatic carbocycles. The topological polar surface area (TPSA) is 219 Å². The molecule has 0 unspecified atom stereocenters. The van der Waals surface area contributed by atoms with E-state index < -0.39 is 77.9 Å². The van der Waals surface area contributed by atoms with E-state index >= 15 is 0 Å². The molecule has 66 heavy (non-hydrogen) atoms. The Balaban J connectivity index is 1.22. The lowest BCUT2D eigenvalue weighted by molar-refractivity contribution is -0.153. The summed E-state index contributed by atoms with van der Waals surface area (Å²) in [5, 5.41) is 6.57. The van der Waals surface area contributed by atoms with Crippen molar-refractivity contribution in [2.75, 3.05) is 52.9 Å². The molecule has 1 aliphatic heterocycles. The summed E-state index contributed by atoms with van der Waals surface area (Å²) in [6.07, 6.45) is 0. The molecular formula is C42H44Cl4N2O16P2. The predicted molar refractivity (Wildman–Crippen MR) is 239 cm³/mol. The Morgan fingerprint density at radius 3 is 1.02 bits per heavy atom. The molecule has 0 bridgehead atoms. The standard InChI is InChI=1S/C42H44Cl4N2O16P2/c43-33-9-1-29(2-10-33)21-59-65(53,60-22-30-3-11-34(44)12-4-30)63-25-37-41(51)57-19-17-55-18-20-58-42(52)38(48-40(50)28-56-27-39(49)47-37)26-64-66(54,61-23-31-5-13-35(45)14-6-31)62-24-32-7-15-36(46)16-8-32/h1-16,37-38H,17-28H2,(H,47,49)(H,48,50)/t37-,38-/m0/s1. The summed E-state index contributed by atoms with van der Waals surface area (Å²) in [4.78, 5) is 52.5. The summed E-state index contributed by atoms with van der Waals surface area (Å²) >= 11 is 24.0. The fraction of sp³-hybridized carbons (Fsp3) is 0.333. The van der Waals surface area contributed by atoms with Gasteiger partial charge in [-0.2, -0.15) is 0 Å². The van der Waals surface area contributed by atoms with Crippen LogP contribution in [0, 0.1) is 0 Å². The molecule has 2 amide bonds. The van der Waals surface area contributed by atoms with Gasteiger partial charge in [0.25, 0.3) is 0 Å². The maximum absolute atomic E-state index is 14.0. The van der Waals surface area contributed by atoms with Crippen LogP contribution in [0.15, 0.2) is 97.1 Å². The molecule has 2 N–H and O–H groups in total. The van der Waals surface area contributed by atoms with Crippen LogP contribution in [0.5, 0.6) is 0 Å². The molecule has 5 rings (SSSR count). The Labute approximate surface area is 399 Å². The summed E-state index contributed by atoms with van der Waals surface area (Å²) in [6.45, 7) is -5.16. The Bertz CT molecular complexity index is 2030. The number of esters is 2. The van der Waals surface area contributed by atoms with Gasteiger partial charge in [-0.05, 0) is 70.8 Å². The first-order chi connectivity index (χ1) is 31.7. The van der Waals surface area contributed by atoms with Crippen LogP contribution in [0.25, 0.3) is 0 Å². The van der Waals surface area contributed by atoms with Crippen molar-refractivity contribution < 1.29 is 74.4 Å². The molecule has 4 aromatic carbocycles. The van der Waals surface area contributed by atoms with Crippen LogP contribution in [0.4, 0.5) is 0 Å². The number of carbonyl (C=O) groups excluding carboxylic acids is 4. The number of ether oxygens (including phenoxy) is 4. The normalized spacial score (nSPS) is 17.5. The zero-order valence-corrected chi connectivity index (χ0v) is 39.6. The number of phosphoric acid groups is 2. The summed E-state index contributed by atoms with van der Waals surface area (Å²) in [7, 11) is -8.96. The summed E-state index contributed by atoms with van der Waals surface area (Å²) in [5.74, 6) is -3.90. The van der Waals surface area contributed by atoms with E-state index in [2.05, 4.69) is 10.6 Å². The van der Waals surface area contributed by atoms with Gasteiger partial charge >= 0.3 is 27.6 Å². The molecule has 0 saturated carbocycles. The molecule has 4 aromatic rings. The first-order valence-corrected chi connectivity index (χ1v) is 24.2. The second kappa shape index (κ2) is 27.2. The SMILES string of the molecule is O=C1COCC(=O)N[C@@H](COP(=O)(OCc2ccc(Cl)cc2)OCc2ccc(Cl)cc2)C(=O)OCCOCCOC(=O)[C@H](COP(=O)(OCc2ccc(Cl)cc2)OCc2ccc(Cl)cc2)N1. The van der Waals surface area contributed by atoms with Crippen molar-refractivity contribution in [1.82, 2.24) is 10.6 Å². The van der Waals surface area contributed by atoms with Crippen LogP contribution in [0.3, 0.4) is 0 Å². The van der Waals surface area contributed by atoms with Crippen LogP contribution in [0.1, 0.15) is 22.3 Å². The van der Waals surface area contributed by atoms with Crippen molar-refractivity contribution in [1.29, 1.82) is 0 Å². The van der Waals surface area contributed by atoms with E-state index in [9.17, 15) is 28.3 Å². The van der Waals surface area contributed by atoms with Crippen molar-refractivity contribution in [3.63, 3.8) is 0 Å². The number of rotatable bonds is 18. The average molecular weight is 1040 g/mol. The second-order valence-electron chi connectivity index (χ2n) is 13.8. The molecule has 18 nitrogen and oxygen atoms in total. The monoisotopic (exact) mass is 1030 g/mol. The molecule has 1 aliphatic rings. The van der Waals surface area contributed by atoms with Gasteiger partial charge in [0.1, 0.15) is 26.4 Å². The number of cyclic esters (lactones) is 2. The lowest BCUT2D eigenvalue weighted by atomic mass is 10.2. The highest BCUT2D eigenvalue weighted by atomic mass is 35.5. The smallest absolute Gasteiger partial charge is 0.462 e. The number of hydrogen-bond acceptors (Lipinski definition) is 16. The van der Waals surface area contributed by atoms with Gasteiger partial charge in [0.2, 0.25) is 11.8 Å². The number of phosphoric ester groups is 2. The number of nitrogens with one attached hydrogen (secondary N) is 2. The highest BCUT2D eigenvalue weighted by molar-refractivity contribution is 7.48. The molecule has 1 fully saturated rings. The maximum atomic E-state index is 14.0. The van der Waals surface area contributed by atoms with Crippen molar-refractivity contribution >= 4 is 85.8 Å². The molecule has 0 spiro atoms. The highest BCUT2D eigenvalue weighted by Crippen LogP contribution is 2.52. The highest BCUT2D eigenvalue weighted by Gasteiger charge is 2.34. The van der Waals surface area contributed by atoms with Crippen molar-refractivity contribution in [2.24, 2.45) is 0 Å². The fourth-order valence-electron chi connectivity index (χ4n) is 5.24. The zero-order valence-electron chi connectivity index (χ0n) is 34.8. The van der Waals surface area contributed by atoms with Gasteiger partial charge in [-0.25, -0.2) is 18.7 Å². The third-order valence-corrected chi connectivity index (χ3v) is 12.4. The third-order valence-electron chi connectivity index (χ3n) is 8.66. The Morgan fingerprint density at radius 1 is 0.439 bits per heavy atom. The summed E-state index contributed by atoms with van der Waals surface area (Å²) in [5.41, 5.74) is 2.26. The van der Waals surface area contributed by atoms with Crippen LogP contribution < -0.4 is 10.6 Å². The second-order valence-corrected chi connectivity index (χ2v) is 18.8. The number of halogens is 4. The molecule has 0 radical (unpaired) electrons. The van der Waals surface area contributed by atoms with E-state index in [0.29, 0.717) is 42.3 Å². The van der Waals surface area contributed by atoms with E-state index in [1.54, 1.807) is 97.1 Å². The van der Waals surface area contributed by atoms with Gasteiger partial charge in [-0.15, -0.1) is 0 Å². The quantitative estimate of drug-likeness (QED) is 0.0717. The lowest BCUT2D eigenvalue weighted by Crippen LogP contribution is -2.48. The molecule has 1 heterocycles. The Hall–Kier alpha value is -3.94. The molecule has 2 atom stereocenters. The van der Waals surface area contributed by atoms with Gasteiger partial charge in [-0.1, -0.05) is 94.9 Å². The van der Waals surface area contributed by atoms with E-state index in [4.69, 9.17) is 92.5 Å². The zero-order chi connectivity index (χ0) is 47.4. The van der Waals surface area contributed by atoms with Crippen molar-refractivity contribution in [2.45, 2.75) is 38.5 Å². The minimum absolute atomic E-state index is 0.191. The largest absolute Gasteiger partial charge is 0.475 e. The van der Waals surface area contributed by atoms with Gasteiger partial charge < -0.3 is 29.6 Å². The van der Waals surface area contributed by atoms with E-state index in [1.807, 2.05) is 0 Å². The van der Waals surface area contributed by atoms with Crippen molar-refractivity contribution in [3.05, 3.63) is 139 Å². The first kappa shape index (κ1) is 53.0. The number of amides is 2. The van der Waals surface area contributed by atoms with Gasteiger partial charge in [0.05, 0.1) is 52.9 Å². The minimum Gasteiger partial charge on any atom is -0.462 e. The van der Waals surface area contributed by atoms with Gasteiger partial charge in [0.15, 0.2) is 12.1 Å². The van der Waals surface area contributed by atoms with Crippen LogP contribution in [-0.4, -0.2) is 88.7 Å². The minimum atomic E-state index is -4.48. The maximum Gasteiger partial charge on any atom is 0.475 e. The number of benzene rings is 4. The predicted octanol–water partition coefficient (Wildman–Crippen LogP) is 7.82. The van der Waals surface area contributed by atoms with Crippen LogP contribution in [0.2, 0.25) is 20.1 Å². The summed E-state index contributed by atoms with van der Waals surface area (Å²) in [6, 6.07) is 22.7. The lowest BCUT2D eigenvalue weighted by Gasteiger charge is -2.23. The molecule has 0 aromatic heterocycles. The van der Waals surface area contributed by atoms with E-state index in [1.165, 1.54) is 0 Å². The van der Waals surface area contributed by atoms with Crippen molar-refractivity contribution in [3.8, 4) is 0 Å². The number of hydrogen-bond donors (Lipinski definition) is 2. The average Bonchev–Trinajstić information content (AvgIpc) is 3.30. The van der Waals surface area contributed by atoms with Crippen LogP contribution >= 0.6 is 62.0 Å². The Morgan fingerprint density at radius 2 is 0.727 bits per heavy atom. The van der Waals surface area contributed by atoms with E-state index in [-0.39, 0.29) is 52.9 Å². The molecule has 1 saturated heterocycles. The summed E-state index contributed by atoms with van der Waals surface area (Å²) < 4.78 is 82.7. The van der Waals surface area contributed by atoms with E-state index in [0.717, 1.165) is 0 Å². The van der Waals surface area contributed by atoms with Crippen LogP contribution in [-0.2, 0) is 101 Å². The fourth-order valence-corrected chi connectivity index (χ4v) is 8.09. The Kier molecular flexibility index (Phi) is 21.8. The first-order valence-electron chi connectivity index (χ1n) is 19.8.